The topological polar surface area (TPSA) is 20.2 Å². The Morgan fingerprint density at radius 1 is 1.80 bits per heavy atom. The molecule has 0 amide bonds. The second kappa shape index (κ2) is 4.05. The largest absolute Gasteiger partial charge is 0.507 e. The number of aliphatic hydroxyl groups is 1. The third kappa shape index (κ3) is 4.05. The molecule has 5 heavy (non-hydrogen) atoms. The van der Waals surface area contributed by atoms with Crippen molar-refractivity contribution in [1.29, 1.82) is 0 Å². The molecule has 0 saturated heterocycles. The molecule has 0 heterocycles. The van der Waals surface area contributed by atoms with Gasteiger partial charge in [-0.15, -0.1) is 0 Å². The Balaban J connectivity index is 3.26. The SMILES string of the molecule is OC=C=CI. The summed E-state index contributed by atoms with van der Waals surface area (Å²) in [5.41, 5.74) is 2.40. The minimum Gasteiger partial charge on any atom is -0.507 e. The fourth-order valence-electron chi connectivity index (χ4n) is 0.0282. The van der Waals surface area contributed by atoms with Crippen molar-refractivity contribution >= 4 is 22.6 Å². The van der Waals surface area contributed by atoms with Gasteiger partial charge in [0, 0.05) is 4.08 Å². The molecule has 2 heteroatoms. The van der Waals surface area contributed by atoms with Gasteiger partial charge in [0.25, 0.3) is 0 Å². The smallest absolute Gasteiger partial charge is 0.122 e. The molecule has 0 aliphatic carbocycles. The molecule has 0 atom stereocenters. The van der Waals surface area contributed by atoms with Gasteiger partial charge < -0.3 is 5.11 Å². The molecule has 0 saturated carbocycles. The average molecular weight is 182 g/mol. The molecule has 0 fully saturated rings. The lowest BCUT2D eigenvalue weighted by Crippen LogP contribution is -1.32. The molecular weight excluding hydrogens is 179 g/mol. The lowest BCUT2D eigenvalue weighted by molar-refractivity contribution is 0.475. The third-order valence-electron chi connectivity index (χ3n) is 0.138. The number of rotatable bonds is 0. The maximum atomic E-state index is 7.79. The van der Waals surface area contributed by atoms with Crippen LogP contribution in [-0.2, 0) is 0 Å². The molecule has 0 aliphatic heterocycles. The van der Waals surface area contributed by atoms with Gasteiger partial charge in [0.15, 0.2) is 0 Å². The van der Waals surface area contributed by atoms with E-state index in [9.17, 15) is 0 Å². The van der Waals surface area contributed by atoms with Gasteiger partial charge in [0.05, 0.1) is 0 Å². The highest BCUT2D eigenvalue weighted by Crippen LogP contribution is 1.75. The molecule has 28 valence electrons. The van der Waals surface area contributed by atoms with Crippen LogP contribution in [0.15, 0.2) is 16.1 Å². The van der Waals surface area contributed by atoms with Crippen molar-refractivity contribution in [2.45, 2.75) is 0 Å². The summed E-state index contributed by atoms with van der Waals surface area (Å²) >= 11 is 1.96. The van der Waals surface area contributed by atoms with Gasteiger partial charge in [0.2, 0.25) is 0 Å². The van der Waals surface area contributed by atoms with Crippen LogP contribution in [0.25, 0.3) is 0 Å². The van der Waals surface area contributed by atoms with Gasteiger partial charge in [-0.2, -0.15) is 0 Å². The molecule has 0 aromatic rings. The third-order valence-corrected chi connectivity index (χ3v) is 0.497. The molecule has 0 bridgehead atoms. The van der Waals surface area contributed by atoms with Crippen LogP contribution in [0, 0.1) is 0 Å². The molecule has 0 unspecified atom stereocenters. The molecule has 1 N–H and O–H groups in total. The Bertz CT molecular complexity index is 55.3. The average Bonchev–Trinajstić information content (AvgIpc) is 1.41. The van der Waals surface area contributed by atoms with Crippen molar-refractivity contribution in [1.82, 2.24) is 0 Å². The normalized spacial score (nSPS) is 5.00. The lowest BCUT2D eigenvalue weighted by Gasteiger charge is -1.50. The second-order valence-electron chi connectivity index (χ2n) is 0.405. The van der Waals surface area contributed by atoms with E-state index in [-0.39, 0.29) is 0 Å². The highest BCUT2D eigenvalue weighted by molar-refractivity contribution is 14.1. The summed E-state index contributed by atoms with van der Waals surface area (Å²) in [5, 5.41) is 7.79. The van der Waals surface area contributed by atoms with E-state index in [0.717, 1.165) is 6.26 Å². The minimum absolute atomic E-state index is 0.867. The zero-order valence-electron chi connectivity index (χ0n) is 2.48. The van der Waals surface area contributed by atoms with Crippen LogP contribution in [0.4, 0.5) is 0 Å². The van der Waals surface area contributed by atoms with E-state index in [1.807, 2.05) is 22.6 Å². The van der Waals surface area contributed by atoms with E-state index in [2.05, 4.69) is 5.73 Å². The van der Waals surface area contributed by atoms with Gasteiger partial charge in [-0.05, 0) is 22.6 Å². The van der Waals surface area contributed by atoms with Crippen molar-refractivity contribution in [3.63, 3.8) is 0 Å². The monoisotopic (exact) mass is 182 g/mol. The van der Waals surface area contributed by atoms with Gasteiger partial charge in [-0.3, -0.25) is 0 Å². The second-order valence-corrected chi connectivity index (χ2v) is 1.03. The molecular formula is C3H3IO. The van der Waals surface area contributed by atoms with Crippen LogP contribution in [-0.4, -0.2) is 5.11 Å². The van der Waals surface area contributed by atoms with Crippen molar-refractivity contribution in [2.24, 2.45) is 0 Å². The van der Waals surface area contributed by atoms with Gasteiger partial charge in [-0.1, -0.05) is 5.73 Å². The zero-order chi connectivity index (χ0) is 4.12. The van der Waals surface area contributed by atoms with E-state index in [1.54, 1.807) is 4.08 Å². The summed E-state index contributed by atoms with van der Waals surface area (Å²) in [6.07, 6.45) is 0.867. The summed E-state index contributed by atoms with van der Waals surface area (Å²) < 4.78 is 1.60. The Morgan fingerprint density at radius 3 is 2.40 bits per heavy atom. The first-order valence-corrected chi connectivity index (χ1v) is 2.30. The first-order valence-electron chi connectivity index (χ1n) is 1.05. The summed E-state index contributed by atoms with van der Waals surface area (Å²) in [4.78, 5) is 0. The summed E-state index contributed by atoms with van der Waals surface area (Å²) in [5.74, 6) is 0. The Morgan fingerprint density at radius 2 is 2.40 bits per heavy atom. The predicted molar refractivity (Wildman–Crippen MR) is 29.3 cm³/mol. The maximum Gasteiger partial charge on any atom is 0.122 e. The van der Waals surface area contributed by atoms with Gasteiger partial charge in [-0.25, -0.2) is 0 Å². The molecule has 0 aromatic carbocycles. The number of hydrogen-bond acceptors (Lipinski definition) is 1. The van der Waals surface area contributed by atoms with Crippen molar-refractivity contribution in [2.75, 3.05) is 0 Å². The Hall–Kier alpha value is 0.0500. The van der Waals surface area contributed by atoms with E-state index >= 15 is 0 Å². The Kier molecular flexibility index (Phi) is 4.09. The van der Waals surface area contributed by atoms with Crippen LogP contribution >= 0.6 is 22.6 Å². The van der Waals surface area contributed by atoms with Crippen LogP contribution in [0.5, 0.6) is 0 Å². The van der Waals surface area contributed by atoms with Crippen LogP contribution in [0.2, 0.25) is 0 Å². The van der Waals surface area contributed by atoms with Crippen LogP contribution < -0.4 is 0 Å². The van der Waals surface area contributed by atoms with E-state index in [1.165, 1.54) is 0 Å². The first-order chi connectivity index (χ1) is 2.41. The maximum absolute atomic E-state index is 7.79. The van der Waals surface area contributed by atoms with Gasteiger partial charge in [0.1, 0.15) is 6.26 Å². The first kappa shape index (κ1) is 5.05. The Labute approximate surface area is 44.1 Å². The fourth-order valence-corrected chi connectivity index (χ4v) is 0.189. The van der Waals surface area contributed by atoms with Crippen LogP contribution in [0.1, 0.15) is 0 Å². The summed E-state index contributed by atoms with van der Waals surface area (Å²) in [6, 6.07) is 0. The van der Waals surface area contributed by atoms with E-state index in [4.69, 9.17) is 5.11 Å². The molecule has 0 aromatic heterocycles. The summed E-state index contributed by atoms with van der Waals surface area (Å²) in [6.45, 7) is 0. The summed E-state index contributed by atoms with van der Waals surface area (Å²) in [7, 11) is 0. The number of halogens is 1. The highest BCUT2D eigenvalue weighted by atomic mass is 127. The number of aliphatic hydroxyl groups excluding tert-OH is 1. The molecule has 0 rings (SSSR count). The van der Waals surface area contributed by atoms with Crippen LogP contribution in [0.3, 0.4) is 0 Å². The molecule has 0 radical (unpaired) electrons. The highest BCUT2D eigenvalue weighted by Gasteiger charge is 1.38. The molecule has 0 spiro atoms. The quantitative estimate of drug-likeness (QED) is 0.342. The molecule has 0 aliphatic rings. The van der Waals surface area contributed by atoms with E-state index < -0.39 is 0 Å². The molecule has 1 nitrogen and oxygen atoms in total. The van der Waals surface area contributed by atoms with Gasteiger partial charge >= 0.3 is 0 Å². The zero-order valence-corrected chi connectivity index (χ0v) is 4.64. The van der Waals surface area contributed by atoms with E-state index in [0.29, 0.717) is 0 Å². The fraction of sp³-hybridized carbons (Fsp3) is 0. The number of hydrogen-bond donors (Lipinski definition) is 1. The minimum atomic E-state index is 0.867. The van der Waals surface area contributed by atoms with Crippen molar-refractivity contribution < 1.29 is 5.11 Å². The predicted octanol–water partition coefficient (Wildman–Crippen LogP) is 1.61. The van der Waals surface area contributed by atoms with Crippen molar-refractivity contribution in [3.05, 3.63) is 16.1 Å². The standard InChI is InChI=1S/C3H3IO/c4-2-1-3-5/h2-3,5H. The lowest BCUT2D eigenvalue weighted by atomic mass is 11.0. The van der Waals surface area contributed by atoms with Crippen molar-refractivity contribution in [3.8, 4) is 0 Å².